The van der Waals surface area contributed by atoms with Crippen LogP contribution in [0.2, 0.25) is 0 Å². The van der Waals surface area contributed by atoms with Crippen LogP contribution in [-0.2, 0) is 19.3 Å². The molecule has 2 heterocycles. The van der Waals surface area contributed by atoms with Gasteiger partial charge in [0.2, 0.25) is 0 Å². The zero-order valence-corrected chi connectivity index (χ0v) is 12.9. The number of nitrogens with zero attached hydrogens (tertiary/aromatic N) is 1. The highest BCUT2D eigenvalue weighted by atomic mass is 32.1. The second kappa shape index (κ2) is 6.51. The van der Waals surface area contributed by atoms with E-state index in [4.69, 9.17) is 0 Å². The number of hydrogen-bond acceptors (Lipinski definition) is 3. The van der Waals surface area contributed by atoms with Gasteiger partial charge in [0.1, 0.15) is 0 Å². The number of likely N-dealkylation sites (N-methyl/N-ethyl adjacent to an activating group) is 1. The predicted molar refractivity (Wildman–Crippen MR) is 85.3 cm³/mol. The van der Waals surface area contributed by atoms with E-state index in [0.717, 1.165) is 6.42 Å². The summed E-state index contributed by atoms with van der Waals surface area (Å²) in [6, 6.07) is 7.04. The van der Waals surface area contributed by atoms with Crippen molar-refractivity contribution in [1.82, 2.24) is 10.3 Å². The molecule has 2 nitrogen and oxygen atoms in total. The second-order valence-corrected chi connectivity index (χ2v) is 6.73. The van der Waals surface area contributed by atoms with Gasteiger partial charge in [0.15, 0.2) is 0 Å². The van der Waals surface area contributed by atoms with Gasteiger partial charge >= 0.3 is 0 Å². The van der Waals surface area contributed by atoms with E-state index in [1.165, 1.54) is 42.5 Å². The summed E-state index contributed by atoms with van der Waals surface area (Å²) in [6.07, 6.45) is 11.5. The van der Waals surface area contributed by atoms with Gasteiger partial charge in [0.25, 0.3) is 0 Å². The Morgan fingerprint density at radius 2 is 2.20 bits per heavy atom. The number of hydrogen-bond donors (Lipinski definition) is 1. The molecule has 1 N–H and O–H groups in total. The van der Waals surface area contributed by atoms with Crippen LogP contribution in [0.15, 0.2) is 30.6 Å². The Morgan fingerprint density at radius 3 is 3.00 bits per heavy atom. The molecule has 1 aliphatic carbocycles. The van der Waals surface area contributed by atoms with Crippen LogP contribution in [0.4, 0.5) is 0 Å². The van der Waals surface area contributed by atoms with Crippen molar-refractivity contribution in [3.05, 3.63) is 51.5 Å². The van der Waals surface area contributed by atoms with Gasteiger partial charge < -0.3 is 5.32 Å². The maximum atomic E-state index is 4.22. The molecule has 0 aliphatic heterocycles. The van der Waals surface area contributed by atoms with Gasteiger partial charge in [-0.25, -0.2) is 0 Å². The van der Waals surface area contributed by atoms with Crippen LogP contribution < -0.4 is 5.32 Å². The highest BCUT2D eigenvalue weighted by molar-refractivity contribution is 7.12. The Labute approximate surface area is 125 Å². The fourth-order valence-electron chi connectivity index (χ4n) is 2.96. The molecule has 2 aromatic rings. The summed E-state index contributed by atoms with van der Waals surface area (Å²) in [5.74, 6) is 0. The Hall–Kier alpha value is -1.19. The molecule has 0 spiro atoms. The summed E-state index contributed by atoms with van der Waals surface area (Å²) >= 11 is 2.02. The number of pyridine rings is 1. The summed E-state index contributed by atoms with van der Waals surface area (Å²) in [7, 11) is 2.06. The van der Waals surface area contributed by atoms with Crippen molar-refractivity contribution in [2.45, 2.75) is 44.6 Å². The Morgan fingerprint density at radius 1 is 1.30 bits per heavy atom. The zero-order valence-electron chi connectivity index (χ0n) is 12.1. The first kappa shape index (κ1) is 13.8. The van der Waals surface area contributed by atoms with E-state index >= 15 is 0 Å². The summed E-state index contributed by atoms with van der Waals surface area (Å²) in [5, 5.41) is 3.47. The van der Waals surface area contributed by atoms with E-state index < -0.39 is 0 Å². The van der Waals surface area contributed by atoms with Crippen LogP contribution in [0.5, 0.6) is 0 Å². The normalized spacial score (nSPS) is 16.4. The third-order valence-electron chi connectivity index (χ3n) is 4.12. The molecule has 0 bridgehead atoms. The van der Waals surface area contributed by atoms with Crippen molar-refractivity contribution in [2.24, 2.45) is 0 Å². The van der Waals surface area contributed by atoms with Crippen LogP contribution in [-0.4, -0.2) is 12.0 Å². The van der Waals surface area contributed by atoms with E-state index in [-0.39, 0.29) is 0 Å². The number of fused-ring (bicyclic) bond motifs is 1. The van der Waals surface area contributed by atoms with Gasteiger partial charge in [-0.3, -0.25) is 4.98 Å². The van der Waals surface area contributed by atoms with E-state index in [0.29, 0.717) is 6.04 Å². The molecular weight excluding hydrogens is 264 g/mol. The molecule has 0 saturated carbocycles. The first-order chi connectivity index (χ1) is 9.86. The summed E-state index contributed by atoms with van der Waals surface area (Å²) in [4.78, 5) is 7.34. The van der Waals surface area contributed by atoms with E-state index in [9.17, 15) is 0 Å². The lowest BCUT2D eigenvalue weighted by atomic mass is 10.0. The predicted octanol–water partition coefficient (Wildman–Crippen LogP) is 3.92. The van der Waals surface area contributed by atoms with Gasteiger partial charge in [-0.05, 0) is 62.4 Å². The molecule has 0 radical (unpaired) electrons. The van der Waals surface area contributed by atoms with Gasteiger partial charge in [0, 0.05) is 28.2 Å². The smallest absolute Gasteiger partial charge is 0.0454 e. The molecule has 0 fully saturated rings. The van der Waals surface area contributed by atoms with Crippen molar-refractivity contribution in [3.8, 4) is 0 Å². The minimum Gasteiger partial charge on any atom is -0.312 e. The molecular formula is C17H22N2S. The number of nitrogens with one attached hydrogen (secondary N) is 1. The van der Waals surface area contributed by atoms with E-state index in [2.05, 4.69) is 29.5 Å². The van der Waals surface area contributed by atoms with Crippen molar-refractivity contribution in [1.29, 1.82) is 0 Å². The molecule has 0 saturated heterocycles. The van der Waals surface area contributed by atoms with Crippen LogP contribution in [0.1, 0.15) is 46.2 Å². The molecule has 1 atom stereocenters. The Kier molecular flexibility index (Phi) is 4.48. The lowest BCUT2D eigenvalue weighted by Gasteiger charge is -2.14. The second-order valence-electron chi connectivity index (χ2n) is 5.56. The SMILES string of the molecule is CNC(Cc1cccnc1)c1cc2c(s1)CCCCC2. The molecule has 2 aromatic heterocycles. The van der Waals surface area contributed by atoms with Gasteiger partial charge in [0.05, 0.1) is 0 Å². The molecule has 20 heavy (non-hydrogen) atoms. The Balaban J connectivity index is 1.79. The fourth-order valence-corrected chi connectivity index (χ4v) is 4.33. The van der Waals surface area contributed by atoms with E-state index in [1.54, 1.807) is 10.4 Å². The molecule has 3 rings (SSSR count). The summed E-state index contributed by atoms with van der Waals surface area (Å²) in [6.45, 7) is 0. The van der Waals surface area contributed by atoms with Gasteiger partial charge in [-0.1, -0.05) is 12.5 Å². The van der Waals surface area contributed by atoms with Crippen molar-refractivity contribution in [3.63, 3.8) is 0 Å². The first-order valence-electron chi connectivity index (χ1n) is 7.54. The number of thiophene rings is 1. The van der Waals surface area contributed by atoms with Crippen molar-refractivity contribution < 1.29 is 0 Å². The number of aromatic nitrogens is 1. The molecule has 0 aromatic carbocycles. The average Bonchev–Trinajstić information content (AvgIpc) is 2.76. The van der Waals surface area contributed by atoms with Crippen LogP contribution >= 0.6 is 11.3 Å². The van der Waals surface area contributed by atoms with Gasteiger partial charge in [-0.2, -0.15) is 0 Å². The largest absolute Gasteiger partial charge is 0.312 e. The highest BCUT2D eigenvalue weighted by Crippen LogP contribution is 2.33. The lowest BCUT2D eigenvalue weighted by molar-refractivity contribution is 0.600. The molecule has 1 unspecified atom stereocenters. The third kappa shape index (κ3) is 3.10. The molecule has 0 amide bonds. The van der Waals surface area contributed by atoms with Gasteiger partial charge in [-0.15, -0.1) is 11.3 Å². The minimum atomic E-state index is 0.413. The topological polar surface area (TPSA) is 24.9 Å². The van der Waals surface area contributed by atoms with Crippen molar-refractivity contribution >= 4 is 11.3 Å². The lowest BCUT2D eigenvalue weighted by Crippen LogP contribution is -2.17. The first-order valence-corrected chi connectivity index (χ1v) is 8.36. The molecule has 1 aliphatic rings. The standard InChI is InChI=1S/C17H22N2S/c1-18-15(10-13-6-5-9-19-12-13)17-11-14-7-3-2-4-8-16(14)20-17/h5-6,9,11-12,15,18H,2-4,7-8,10H2,1H3. The molecule has 3 heteroatoms. The third-order valence-corrected chi connectivity index (χ3v) is 5.47. The monoisotopic (exact) mass is 286 g/mol. The number of aryl methyl sites for hydroxylation is 2. The minimum absolute atomic E-state index is 0.413. The number of rotatable bonds is 4. The van der Waals surface area contributed by atoms with E-state index in [1.807, 2.05) is 29.8 Å². The van der Waals surface area contributed by atoms with Crippen LogP contribution in [0.3, 0.4) is 0 Å². The maximum absolute atomic E-state index is 4.22. The quantitative estimate of drug-likeness (QED) is 0.862. The van der Waals surface area contributed by atoms with Crippen LogP contribution in [0.25, 0.3) is 0 Å². The molecule has 106 valence electrons. The zero-order chi connectivity index (χ0) is 13.8. The maximum Gasteiger partial charge on any atom is 0.0454 e. The van der Waals surface area contributed by atoms with Crippen LogP contribution in [0, 0.1) is 0 Å². The average molecular weight is 286 g/mol. The fraction of sp³-hybridized carbons (Fsp3) is 0.471. The summed E-state index contributed by atoms with van der Waals surface area (Å²) < 4.78 is 0. The van der Waals surface area contributed by atoms with Crippen molar-refractivity contribution in [2.75, 3.05) is 7.05 Å². The summed E-state index contributed by atoms with van der Waals surface area (Å²) in [5.41, 5.74) is 2.91. The highest BCUT2D eigenvalue weighted by Gasteiger charge is 2.17. The Bertz CT molecular complexity index is 524.